The van der Waals surface area contributed by atoms with Crippen molar-refractivity contribution in [3.05, 3.63) is 76.1 Å². The molecule has 0 radical (unpaired) electrons. The number of nitrogens with one attached hydrogen (secondary N) is 1. The van der Waals surface area contributed by atoms with Gasteiger partial charge in [0, 0.05) is 17.3 Å². The summed E-state index contributed by atoms with van der Waals surface area (Å²) >= 11 is 0. The molecule has 4 rings (SSSR count). The van der Waals surface area contributed by atoms with Crippen molar-refractivity contribution in [2.75, 3.05) is 12.4 Å². The van der Waals surface area contributed by atoms with Gasteiger partial charge in [-0.15, -0.1) is 5.10 Å². The van der Waals surface area contributed by atoms with Gasteiger partial charge in [0.15, 0.2) is 5.65 Å². The number of aryl methyl sites for hydroxylation is 2. The molecule has 0 unspecified atom stereocenters. The summed E-state index contributed by atoms with van der Waals surface area (Å²) in [7, 11) is 1.51. The normalized spacial score (nSPS) is 11.0. The van der Waals surface area contributed by atoms with Gasteiger partial charge in [0.1, 0.15) is 23.9 Å². The number of fused-ring (bicyclic) bond motifs is 1. The van der Waals surface area contributed by atoms with Gasteiger partial charge in [-0.1, -0.05) is 6.07 Å². The first kappa shape index (κ1) is 20.3. The van der Waals surface area contributed by atoms with Crippen LogP contribution in [0.3, 0.4) is 0 Å². The standard InChI is InChI=1S/C22H20FN5O3/c1-13-4-9-18(31-3)17(10-13)25-20(29)12-27-22(30)28-19(26-27)11-14(2)24-21(28)15-5-7-16(23)8-6-15/h4-11H,12H2,1-3H3,(H,25,29). The molecule has 0 aliphatic rings. The van der Waals surface area contributed by atoms with Crippen molar-refractivity contribution in [1.82, 2.24) is 19.2 Å². The van der Waals surface area contributed by atoms with Crippen LogP contribution < -0.4 is 15.7 Å². The molecule has 1 amide bonds. The Balaban J connectivity index is 1.69. The predicted octanol–water partition coefficient (Wildman–Crippen LogP) is 2.96. The number of hydrogen-bond acceptors (Lipinski definition) is 5. The first-order valence-electron chi connectivity index (χ1n) is 9.53. The fourth-order valence-corrected chi connectivity index (χ4v) is 3.29. The Morgan fingerprint density at radius 2 is 1.87 bits per heavy atom. The second kappa shape index (κ2) is 8.02. The SMILES string of the molecule is COc1ccc(C)cc1NC(=O)Cn1nc2cc(C)nc(-c3ccc(F)cc3)n2c1=O. The van der Waals surface area contributed by atoms with Gasteiger partial charge in [-0.05, 0) is 55.8 Å². The second-order valence-corrected chi connectivity index (χ2v) is 7.11. The first-order valence-corrected chi connectivity index (χ1v) is 9.53. The van der Waals surface area contributed by atoms with Gasteiger partial charge < -0.3 is 10.1 Å². The third-order valence-corrected chi connectivity index (χ3v) is 4.72. The zero-order chi connectivity index (χ0) is 22.1. The van der Waals surface area contributed by atoms with Gasteiger partial charge in [0.25, 0.3) is 0 Å². The van der Waals surface area contributed by atoms with Crippen molar-refractivity contribution in [3.63, 3.8) is 0 Å². The molecular formula is C22H20FN5O3. The third-order valence-electron chi connectivity index (χ3n) is 4.72. The van der Waals surface area contributed by atoms with Gasteiger partial charge in [0.05, 0.1) is 12.8 Å². The van der Waals surface area contributed by atoms with E-state index in [1.54, 1.807) is 25.1 Å². The van der Waals surface area contributed by atoms with Crippen molar-refractivity contribution >= 4 is 17.2 Å². The van der Waals surface area contributed by atoms with Crippen LogP contribution in [0.15, 0.2) is 53.3 Å². The molecule has 2 aromatic heterocycles. The van der Waals surface area contributed by atoms with Crippen LogP contribution in [0, 0.1) is 19.7 Å². The van der Waals surface area contributed by atoms with Crippen molar-refractivity contribution in [2.24, 2.45) is 0 Å². The summed E-state index contributed by atoms with van der Waals surface area (Å²) in [5.41, 5.74) is 2.48. The number of carbonyl (C=O) groups excluding carboxylic acids is 1. The lowest BCUT2D eigenvalue weighted by Gasteiger charge is -2.10. The van der Waals surface area contributed by atoms with Gasteiger partial charge in [-0.25, -0.2) is 23.3 Å². The minimum absolute atomic E-state index is 0.292. The highest BCUT2D eigenvalue weighted by atomic mass is 19.1. The molecule has 2 heterocycles. The molecule has 0 atom stereocenters. The summed E-state index contributed by atoms with van der Waals surface area (Å²) in [5, 5.41) is 7.04. The van der Waals surface area contributed by atoms with Gasteiger partial charge in [-0.3, -0.25) is 4.79 Å². The number of hydrogen-bond donors (Lipinski definition) is 1. The Kier molecular flexibility index (Phi) is 5.24. The van der Waals surface area contributed by atoms with Crippen molar-refractivity contribution < 1.29 is 13.9 Å². The van der Waals surface area contributed by atoms with E-state index in [1.165, 1.54) is 35.8 Å². The average Bonchev–Trinajstić information content (AvgIpc) is 3.03. The van der Waals surface area contributed by atoms with Crippen LogP contribution >= 0.6 is 0 Å². The van der Waals surface area contributed by atoms with E-state index < -0.39 is 11.6 Å². The number of benzene rings is 2. The molecule has 0 aliphatic carbocycles. The second-order valence-electron chi connectivity index (χ2n) is 7.11. The number of amides is 1. The minimum atomic E-state index is -0.520. The van der Waals surface area contributed by atoms with E-state index >= 15 is 0 Å². The van der Waals surface area contributed by atoms with Crippen LogP contribution in [0.4, 0.5) is 10.1 Å². The molecule has 0 spiro atoms. The summed E-state index contributed by atoms with van der Waals surface area (Å²) in [5.74, 6) is 0.0214. The summed E-state index contributed by atoms with van der Waals surface area (Å²) < 4.78 is 21.0. The van der Waals surface area contributed by atoms with Crippen molar-refractivity contribution in [3.8, 4) is 17.1 Å². The number of methoxy groups -OCH3 is 1. The van der Waals surface area contributed by atoms with Crippen molar-refractivity contribution in [2.45, 2.75) is 20.4 Å². The lowest BCUT2D eigenvalue weighted by molar-refractivity contribution is -0.117. The topological polar surface area (TPSA) is 90.5 Å². The number of anilines is 1. The summed E-state index contributed by atoms with van der Waals surface area (Å²) in [6.45, 7) is 3.38. The van der Waals surface area contributed by atoms with Crippen LogP contribution in [0.5, 0.6) is 5.75 Å². The average molecular weight is 421 g/mol. The third kappa shape index (κ3) is 4.02. The van der Waals surface area contributed by atoms with E-state index in [2.05, 4.69) is 15.4 Å². The zero-order valence-corrected chi connectivity index (χ0v) is 17.2. The molecule has 0 saturated heterocycles. The fraction of sp³-hybridized carbons (Fsp3) is 0.182. The lowest BCUT2D eigenvalue weighted by Crippen LogP contribution is -2.29. The highest BCUT2D eigenvalue weighted by molar-refractivity contribution is 5.92. The molecule has 0 aliphatic heterocycles. The lowest BCUT2D eigenvalue weighted by atomic mass is 10.2. The molecular weight excluding hydrogens is 401 g/mol. The van der Waals surface area contributed by atoms with Crippen LogP contribution in [0.2, 0.25) is 0 Å². The van der Waals surface area contributed by atoms with Crippen molar-refractivity contribution in [1.29, 1.82) is 0 Å². The maximum atomic E-state index is 13.3. The van der Waals surface area contributed by atoms with E-state index in [0.29, 0.717) is 34.2 Å². The largest absolute Gasteiger partial charge is 0.495 e. The highest BCUT2D eigenvalue weighted by Gasteiger charge is 2.17. The van der Waals surface area contributed by atoms with Gasteiger partial charge in [-0.2, -0.15) is 0 Å². The Hall–Kier alpha value is -4.01. The van der Waals surface area contributed by atoms with E-state index in [9.17, 15) is 14.0 Å². The van der Waals surface area contributed by atoms with Crippen LogP contribution in [-0.4, -0.2) is 32.2 Å². The zero-order valence-electron chi connectivity index (χ0n) is 17.2. The number of carbonyl (C=O) groups is 1. The molecule has 0 fully saturated rings. The Morgan fingerprint density at radius 3 is 2.58 bits per heavy atom. The number of halogens is 1. The number of aromatic nitrogens is 4. The van der Waals surface area contributed by atoms with Crippen LogP contribution in [0.1, 0.15) is 11.3 Å². The highest BCUT2D eigenvalue weighted by Crippen LogP contribution is 2.25. The Labute approximate surface area is 176 Å². The number of nitrogens with zero attached hydrogens (tertiary/aromatic N) is 4. The van der Waals surface area contributed by atoms with E-state index in [4.69, 9.17) is 4.74 Å². The van der Waals surface area contributed by atoms with Gasteiger partial charge >= 0.3 is 5.69 Å². The summed E-state index contributed by atoms with van der Waals surface area (Å²) in [4.78, 5) is 30.1. The number of rotatable bonds is 5. The molecule has 158 valence electrons. The van der Waals surface area contributed by atoms with E-state index in [1.807, 2.05) is 13.0 Å². The van der Waals surface area contributed by atoms with E-state index in [0.717, 1.165) is 10.2 Å². The maximum Gasteiger partial charge on any atom is 0.352 e. The summed E-state index contributed by atoms with van der Waals surface area (Å²) in [6.07, 6.45) is 0. The molecule has 2 aromatic carbocycles. The number of ether oxygens (including phenoxy) is 1. The Bertz CT molecular complexity index is 1340. The Morgan fingerprint density at radius 1 is 1.13 bits per heavy atom. The minimum Gasteiger partial charge on any atom is -0.495 e. The quantitative estimate of drug-likeness (QED) is 0.535. The molecule has 9 heteroatoms. The molecule has 31 heavy (non-hydrogen) atoms. The molecule has 1 N–H and O–H groups in total. The van der Waals surface area contributed by atoms with E-state index in [-0.39, 0.29) is 12.4 Å². The van der Waals surface area contributed by atoms with Crippen LogP contribution in [-0.2, 0) is 11.3 Å². The predicted molar refractivity (Wildman–Crippen MR) is 114 cm³/mol. The van der Waals surface area contributed by atoms with Crippen LogP contribution in [0.25, 0.3) is 17.0 Å². The smallest absolute Gasteiger partial charge is 0.352 e. The monoisotopic (exact) mass is 421 g/mol. The van der Waals surface area contributed by atoms with Gasteiger partial charge in [0.2, 0.25) is 5.91 Å². The molecule has 0 bridgehead atoms. The molecule has 4 aromatic rings. The first-order chi connectivity index (χ1) is 14.9. The fourth-order valence-electron chi connectivity index (χ4n) is 3.29. The maximum absolute atomic E-state index is 13.3. The molecule has 8 nitrogen and oxygen atoms in total. The summed E-state index contributed by atoms with van der Waals surface area (Å²) in [6, 6.07) is 12.7. The molecule has 0 saturated carbocycles.